The predicted octanol–water partition coefficient (Wildman–Crippen LogP) is 5.45. The minimum absolute atomic E-state index is 0.137. The maximum Gasteiger partial charge on any atom is 0.266 e. The first-order chi connectivity index (χ1) is 14.3. The van der Waals surface area contributed by atoms with Crippen molar-refractivity contribution in [1.82, 2.24) is 9.55 Å². The third kappa shape index (κ3) is 3.95. The zero-order chi connectivity index (χ0) is 21.4. The standard InChI is InChI=1S/C23H20BrN3O2S/c1-13-4-9-18(14(2)10-13)26-21(28)20-15(3)19-22(30-20)25-12-27(23(19)29)11-16-5-7-17(24)8-6-16/h4-10,12H,11H2,1-3H3,(H,26,28). The Morgan fingerprint density at radius 1 is 1.13 bits per heavy atom. The van der Waals surface area contributed by atoms with E-state index in [1.165, 1.54) is 11.3 Å². The van der Waals surface area contributed by atoms with Crippen LogP contribution in [0.4, 0.5) is 5.69 Å². The summed E-state index contributed by atoms with van der Waals surface area (Å²) in [5.41, 5.74) is 4.43. The molecular weight excluding hydrogens is 462 g/mol. The van der Waals surface area contributed by atoms with Crippen molar-refractivity contribution in [1.29, 1.82) is 0 Å². The normalized spacial score (nSPS) is 11.1. The van der Waals surface area contributed by atoms with Gasteiger partial charge < -0.3 is 5.32 Å². The molecule has 0 aliphatic carbocycles. The van der Waals surface area contributed by atoms with Gasteiger partial charge in [-0.1, -0.05) is 45.8 Å². The number of nitrogens with zero attached hydrogens (tertiary/aromatic N) is 2. The second-order valence-corrected chi connectivity index (χ2v) is 9.23. The summed E-state index contributed by atoms with van der Waals surface area (Å²) in [6.07, 6.45) is 1.55. The quantitative estimate of drug-likeness (QED) is 0.421. The molecule has 0 saturated carbocycles. The molecule has 152 valence electrons. The largest absolute Gasteiger partial charge is 0.321 e. The number of amides is 1. The van der Waals surface area contributed by atoms with Crippen molar-refractivity contribution in [2.24, 2.45) is 0 Å². The molecule has 0 atom stereocenters. The number of anilines is 1. The lowest BCUT2D eigenvalue weighted by Crippen LogP contribution is -2.21. The highest BCUT2D eigenvalue weighted by atomic mass is 79.9. The van der Waals surface area contributed by atoms with Gasteiger partial charge in [0.2, 0.25) is 0 Å². The molecule has 0 aliphatic heterocycles. The van der Waals surface area contributed by atoms with Gasteiger partial charge in [0.25, 0.3) is 11.5 Å². The van der Waals surface area contributed by atoms with Crippen LogP contribution in [0.1, 0.15) is 31.9 Å². The number of carbonyl (C=O) groups is 1. The smallest absolute Gasteiger partial charge is 0.266 e. The first kappa shape index (κ1) is 20.5. The molecule has 0 unspecified atom stereocenters. The molecule has 5 nitrogen and oxygen atoms in total. The van der Waals surface area contributed by atoms with E-state index in [0.717, 1.165) is 26.9 Å². The third-order valence-corrected chi connectivity index (χ3v) is 6.75. The number of aromatic nitrogens is 2. The Morgan fingerprint density at radius 2 is 1.87 bits per heavy atom. The molecule has 0 bridgehead atoms. The van der Waals surface area contributed by atoms with Crippen LogP contribution in [-0.4, -0.2) is 15.5 Å². The van der Waals surface area contributed by atoms with Gasteiger partial charge in [-0.25, -0.2) is 4.98 Å². The van der Waals surface area contributed by atoms with Crippen molar-refractivity contribution >= 4 is 49.1 Å². The summed E-state index contributed by atoms with van der Waals surface area (Å²) in [7, 11) is 0. The second-order valence-electron chi connectivity index (χ2n) is 7.31. The number of hydrogen-bond acceptors (Lipinski definition) is 4. The minimum Gasteiger partial charge on any atom is -0.321 e. The van der Waals surface area contributed by atoms with E-state index in [2.05, 4.69) is 26.2 Å². The Morgan fingerprint density at radius 3 is 2.57 bits per heavy atom. The molecule has 2 heterocycles. The molecule has 4 rings (SSSR count). The molecule has 1 amide bonds. The van der Waals surface area contributed by atoms with Crippen LogP contribution in [-0.2, 0) is 6.54 Å². The van der Waals surface area contributed by atoms with Crippen LogP contribution < -0.4 is 10.9 Å². The Bertz CT molecular complexity index is 1320. The molecule has 0 fully saturated rings. The number of thiophene rings is 1. The highest BCUT2D eigenvalue weighted by Gasteiger charge is 2.20. The van der Waals surface area contributed by atoms with Crippen molar-refractivity contribution in [3.05, 3.63) is 90.7 Å². The number of halogens is 1. The summed E-state index contributed by atoms with van der Waals surface area (Å²) in [4.78, 5) is 31.6. The van der Waals surface area contributed by atoms with Gasteiger partial charge in [0.05, 0.1) is 23.1 Å². The lowest BCUT2D eigenvalue weighted by molar-refractivity contribution is 0.103. The fourth-order valence-electron chi connectivity index (χ4n) is 3.41. The molecule has 4 aromatic rings. The van der Waals surface area contributed by atoms with Crippen molar-refractivity contribution in [2.75, 3.05) is 5.32 Å². The highest BCUT2D eigenvalue weighted by molar-refractivity contribution is 9.10. The number of rotatable bonds is 4. The Kier molecular flexibility index (Phi) is 5.58. The average Bonchev–Trinajstić information content (AvgIpc) is 3.05. The van der Waals surface area contributed by atoms with Gasteiger partial charge in [-0.3, -0.25) is 14.2 Å². The molecule has 30 heavy (non-hydrogen) atoms. The van der Waals surface area contributed by atoms with Gasteiger partial charge in [-0.05, 0) is 55.7 Å². The van der Waals surface area contributed by atoms with Crippen LogP contribution in [0.3, 0.4) is 0 Å². The summed E-state index contributed by atoms with van der Waals surface area (Å²) < 4.78 is 2.57. The third-order valence-electron chi connectivity index (χ3n) is 5.02. The van der Waals surface area contributed by atoms with Crippen LogP contribution >= 0.6 is 27.3 Å². The van der Waals surface area contributed by atoms with Crippen LogP contribution in [0.2, 0.25) is 0 Å². The highest BCUT2D eigenvalue weighted by Crippen LogP contribution is 2.28. The number of hydrogen-bond donors (Lipinski definition) is 1. The predicted molar refractivity (Wildman–Crippen MR) is 126 cm³/mol. The molecule has 2 aromatic heterocycles. The monoisotopic (exact) mass is 481 g/mol. The van der Waals surface area contributed by atoms with Gasteiger partial charge in [-0.2, -0.15) is 0 Å². The molecular formula is C23H20BrN3O2S. The maximum atomic E-state index is 13.1. The SMILES string of the molecule is Cc1ccc(NC(=O)c2sc3ncn(Cc4ccc(Br)cc4)c(=O)c3c2C)c(C)c1. The van der Waals surface area contributed by atoms with E-state index in [4.69, 9.17) is 0 Å². The Hall–Kier alpha value is -2.77. The summed E-state index contributed by atoms with van der Waals surface area (Å²) in [5, 5.41) is 3.47. The molecule has 1 N–H and O–H groups in total. The van der Waals surface area contributed by atoms with E-state index in [-0.39, 0.29) is 11.5 Å². The fraction of sp³-hybridized carbons (Fsp3) is 0.174. The minimum atomic E-state index is -0.221. The van der Waals surface area contributed by atoms with Crippen molar-refractivity contribution in [3.63, 3.8) is 0 Å². The average molecular weight is 482 g/mol. The number of aryl methyl sites for hydroxylation is 3. The molecule has 7 heteroatoms. The number of benzene rings is 2. The van der Waals surface area contributed by atoms with Gasteiger partial charge in [0.15, 0.2) is 0 Å². The number of fused-ring (bicyclic) bond motifs is 1. The topological polar surface area (TPSA) is 64.0 Å². The Labute approximate surface area is 186 Å². The first-order valence-corrected chi connectivity index (χ1v) is 11.1. The lowest BCUT2D eigenvalue weighted by Gasteiger charge is -2.08. The van der Waals surface area contributed by atoms with E-state index < -0.39 is 0 Å². The van der Waals surface area contributed by atoms with Crippen molar-refractivity contribution < 1.29 is 4.79 Å². The molecule has 0 aliphatic rings. The molecule has 0 radical (unpaired) electrons. The summed E-state index contributed by atoms with van der Waals surface area (Å²) in [6, 6.07) is 13.7. The van der Waals surface area contributed by atoms with Crippen LogP contribution in [0, 0.1) is 20.8 Å². The maximum absolute atomic E-state index is 13.1. The summed E-state index contributed by atoms with van der Waals surface area (Å²) in [6.45, 7) is 6.21. The molecule has 0 spiro atoms. The van der Waals surface area contributed by atoms with Crippen molar-refractivity contribution in [3.8, 4) is 0 Å². The summed E-state index contributed by atoms with van der Waals surface area (Å²) in [5.74, 6) is -0.221. The fourth-order valence-corrected chi connectivity index (χ4v) is 4.71. The van der Waals surface area contributed by atoms with E-state index in [9.17, 15) is 9.59 Å². The molecule has 2 aromatic carbocycles. The van der Waals surface area contributed by atoms with Crippen LogP contribution in [0.15, 0.2) is 58.1 Å². The van der Waals surface area contributed by atoms with E-state index >= 15 is 0 Å². The second kappa shape index (κ2) is 8.16. The number of carbonyl (C=O) groups excluding carboxylic acids is 1. The first-order valence-electron chi connectivity index (χ1n) is 9.45. The van der Waals surface area contributed by atoms with E-state index in [1.54, 1.807) is 10.9 Å². The van der Waals surface area contributed by atoms with Gasteiger partial charge >= 0.3 is 0 Å². The van der Waals surface area contributed by atoms with Gasteiger partial charge in [0.1, 0.15) is 4.83 Å². The van der Waals surface area contributed by atoms with Gasteiger partial charge in [0, 0.05) is 10.2 Å². The van der Waals surface area contributed by atoms with Crippen LogP contribution in [0.5, 0.6) is 0 Å². The Balaban J connectivity index is 1.68. The zero-order valence-electron chi connectivity index (χ0n) is 16.8. The van der Waals surface area contributed by atoms with E-state index in [0.29, 0.717) is 27.2 Å². The zero-order valence-corrected chi connectivity index (χ0v) is 19.2. The number of nitrogens with one attached hydrogen (secondary N) is 1. The van der Waals surface area contributed by atoms with Crippen LogP contribution in [0.25, 0.3) is 10.2 Å². The van der Waals surface area contributed by atoms with Gasteiger partial charge in [-0.15, -0.1) is 11.3 Å². The molecule has 0 saturated heterocycles. The summed E-state index contributed by atoms with van der Waals surface area (Å²) >= 11 is 4.67. The van der Waals surface area contributed by atoms with Crippen molar-refractivity contribution in [2.45, 2.75) is 27.3 Å². The lowest BCUT2D eigenvalue weighted by atomic mass is 10.1. The van der Waals surface area contributed by atoms with E-state index in [1.807, 2.05) is 63.2 Å².